The summed E-state index contributed by atoms with van der Waals surface area (Å²) < 4.78 is 16.1. The van der Waals surface area contributed by atoms with E-state index in [4.69, 9.17) is 0 Å². The molecule has 4 rings (SSSR count). The topological polar surface area (TPSA) is 34.0 Å². The van der Waals surface area contributed by atoms with Gasteiger partial charge in [0.25, 0.3) is 5.91 Å². The fourth-order valence-electron chi connectivity index (χ4n) is 3.45. The van der Waals surface area contributed by atoms with Gasteiger partial charge >= 0.3 is 0 Å². The number of para-hydroxylation sites is 1. The van der Waals surface area contributed by atoms with E-state index in [0.717, 1.165) is 34.1 Å². The third-order valence-corrected chi connectivity index (χ3v) is 4.65. The van der Waals surface area contributed by atoms with Crippen LogP contribution >= 0.6 is 0 Å². The van der Waals surface area contributed by atoms with E-state index in [1.807, 2.05) is 31.2 Å². The van der Waals surface area contributed by atoms with Crippen molar-refractivity contribution in [3.63, 3.8) is 0 Å². The average molecular weight is 308 g/mol. The maximum absolute atomic E-state index is 14.0. The molecule has 0 saturated heterocycles. The summed E-state index contributed by atoms with van der Waals surface area (Å²) in [5.41, 5.74) is 5.14. The summed E-state index contributed by atoms with van der Waals surface area (Å²) in [6.07, 6.45) is 0. The van der Waals surface area contributed by atoms with Crippen molar-refractivity contribution in [2.24, 2.45) is 0 Å². The first-order valence-electron chi connectivity index (χ1n) is 7.74. The zero-order valence-electron chi connectivity index (χ0n) is 13.1. The van der Waals surface area contributed by atoms with Crippen LogP contribution in [0.15, 0.2) is 36.4 Å². The van der Waals surface area contributed by atoms with E-state index in [9.17, 15) is 9.18 Å². The number of aryl methyl sites for hydroxylation is 2. The van der Waals surface area contributed by atoms with Crippen molar-refractivity contribution in [1.82, 2.24) is 9.88 Å². The minimum Gasteiger partial charge on any atom is -0.349 e. The Morgan fingerprint density at radius 3 is 2.78 bits per heavy atom. The minimum atomic E-state index is -0.209. The highest BCUT2D eigenvalue weighted by Gasteiger charge is 2.25. The van der Waals surface area contributed by atoms with Crippen molar-refractivity contribution < 1.29 is 9.18 Å². The molecule has 0 bridgehead atoms. The molecule has 1 N–H and O–H groups in total. The molecule has 0 unspecified atom stereocenters. The first-order valence-corrected chi connectivity index (χ1v) is 7.74. The maximum Gasteiger partial charge on any atom is 0.268 e. The number of carbonyl (C=O) groups is 1. The number of nitrogens with zero attached hydrogens (tertiary/aromatic N) is 1. The van der Waals surface area contributed by atoms with Crippen molar-refractivity contribution in [2.75, 3.05) is 6.54 Å². The van der Waals surface area contributed by atoms with E-state index in [-0.39, 0.29) is 11.7 Å². The third-order valence-electron chi connectivity index (χ3n) is 4.65. The van der Waals surface area contributed by atoms with Gasteiger partial charge in [-0.3, -0.25) is 4.79 Å². The third kappa shape index (κ3) is 1.98. The summed E-state index contributed by atoms with van der Waals surface area (Å²) in [6.45, 7) is 5.08. The molecule has 2 heterocycles. The minimum absolute atomic E-state index is 0.0361. The number of aromatic nitrogens is 1. The predicted molar refractivity (Wildman–Crippen MR) is 89.1 cm³/mol. The van der Waals surface area contributed by atoms with Crippen LogP contribution < -0.4 is 5.32 Å². The van der Waals surface area contributed by atoms with Gasteiger partial charge in [0.15, 0.2) is 0 Å². The van der Waals surface area contributed by atoms with Crippen molar-refractivity contribution in [2.45, 2.75) is 20.4 Å². The van der Waals surface area contributed by atoms with Gasteiger partial charge in [0.05, 0.1) is 5.52 Å². The highest BCUT2D eigenvalue weighted by atomic mass is 19.1. The lowest BCUT2D eigenvalue weighted by Crippen LogP contribution is -2.35. The molecular weight excluding hydrogens is 291 g/mol. The van der Waals surface area contributed by atoms with Crippen LogP contribution in [-0.4, -0.2) is 17.0 Å². The fourth-order valence-corrected chi connectivity index (χ4v) is 3.45. The Bertz CT molecular complexity index is 956. The Morgan fingerprint density at radius 1 is 1.17 bits per heavy atom. The Hall–Kier alpha value is -2.62. The molecule has 2 aromatic carbocycles. The lowest BCUT2D eigenvalue weighted by Gasteiger charge is -2.18. The highest BCUT2D eigenvalue weighted by Crippen LogP contribution is 2.35. The van der Waals surface area contributed by atoms with Gasteiger partial charge in [-0.2, -0.15) is 0 Å². The molecule has 0 radical (unpaired) electrons. The summed E-state index contributed by atoms with van der Waals surface area (Å²) in [6, 6.07) is 11.3. The Kier molecular flexibility index (Phi) is 3.01. The van der Waals surface area contributed by atoms with Gasteiger partial charge < -0.3 is 9.88 Å². The summed E-state index contributed by atoms with van der Waals surface area (Å²) >= 11 is 0. The normalized spacial score (nSPS) is 14.0. The monoisotopic (exact) mass is 308 g/mol. The van der Waals surface area contributed by atoms with Crippen LogP contribution in [0, 0.1) is 19.7 Å². The lowest BCUT2D eigenvalue weighted by molar-refractivity contribution is 0.0928. The summed E-state index contributed by atoms with van der Waals surface area (Å²) in [4.78, 5) is 12.2. The summed E-state index contributed by atoms with van der Waals surface area (Å²) in [5, 5.41) is 3.95. The molecule has 3 nitrogen and oxygen atoms in total. The van der Waals surface area contributed by atoms with E-state index in [1.165, 1.54) is 0 Å². The molecular formula is C19H17FN2O. The van der Waals surface area contributed by atoms with Crippen molar-refractivity contribution >= 4 is 16.8 Å². The molecule has 0 atom stereocenters. The van der Waals surface area contributed by atoms with Gasteiger partial charge in [-0.25, -0.2) is 4.39 Å². The second kappa shape index (κ2) is 4.95. The van der Waals surface area contributed by atoms with Crippen LogP contribution in [0.25, 0.3) is 22.0 Å². The first kappa shape index (κ1) is 14.0. The van der Waals surface area contributed by atoms with Crippen LogP contribution in [-0.2, 0) is 6.54 Å². The number of hydrogen-bond acceptors (Lipinski definition) is 1. The van der Waals surface area contributed by atoms with Crippen molar-refractivity contribution in [1.29, 1.82) is 0 Å². The van der Waals surface area contributed by atoms with Gasteiger partial charge in [0, 0.05) is 24.0 Å². The number of halogens is 1. The molecule has 23 heavy (non-hydrogen) atoms. The van der Waals surface area contributed by atoms with Crippen LogP contribution in [0.1, 0.15) is 21.6 Å². The molecule has 1 aliphatic heterocycles. The molecule has 0 fully saturated rings. The summed E-state index contributed by atoms with van der Waals surface area (Å²) in [5.74, 6) is -0.245. The standard InChI is InChI=1S/C19H17FN2O/c1-11-6-7-13(10-16(11)20)15-5-3-4-14-12(2)17-19(23)21-8-9-22(17)18(14)15/h3-7,10H,8-9H2,1-2H3,(H,21,23). The lowest BCUT2D eigenvalue weighted by atomic mass is 10.0. The van der Waals surface area contributed by atoms with E-state index in [2.05, 4.69) is 9.88 Å². The molecule has 1 amide bonds. The zero-order chi connectivity index (χ0) is 16.1. The van der Waals surface area contributed by atoms with Gasteiger partial charge in [0.1, 0.15) is 11.5 Å². The van der Waals surface area contributed by atoms with E-state index in [0.29, 0.717) is 17.8 Å². The number of benzene rings is 2. The first-order chi connectivity index (χ1) is 11.1. The highest BCUT2D eigenvalue weighted by molar-refractivity contribution is 6.06. The second-order valence-corrected chi connectivity index (χ2v) is 6.05. The predicted octanol–water partition coefficient (Wildman–Crippen LogP) is 3.81. The number of fused-ring (bicyclic) bond motifs is 3. The zero-order valence-corrected chi connectivity index (χ0v) is 13.1. The summed E-state index contributed by atoms with van der Waals surface area (Å²) in [7, 11) is 0. The maximum atomic E-state index is 14.0. The van der Waals surface area contributed by atoms with E-state index < -0.39 is 0 Å². The molecule has 3 aromatic rings. The van der Waals surface area contributed by atoms with E-state index >= 15 is 0 Å². The number of hydrogen-bond donors (Lipinski definition) is 1. The van der Waals surface area contributed by atoms with Crippen LogP contribution in [0.3, 0.4) is 0 Å². The van der Waals surface area contributed by atoms with Crippen LogP contribution in [0.2, 0.25) is 0 Å². The van der Waals surface area contributed by atoms with Crippen molar-refractivity contribution in [3.8, 4) is 11.1 Å². The van der Waals surface area contributed by atoms with Gasteiger partial charge in [-0.1, -0.05) is 30.3 Å². The molecule has 0 saturated carbocycles. The Labute approximate surface area is 133 Å². The average Bonchev–Trinajstić information content (AvgIpc) is 2.85. The molecule has 4 heteroatoms. The van der Waals surface area contributed by atoms with Gasteiger partial charge in [0.2, 0.25) is 0 Å². The SMILES string of the molecule is Cc1ccc(-c2cccc3c(C)c4n(c23)CCNC4=O)cc1F. The Balaban J connectivity index is 2.07. The van der Waals surface area contributed by atoms with Crippen molar-refractivity contribution in [3.05, 3.63) is 59.0 Å². The molecule has 0 spiro atoms. The smallest absolute Gasteiger partial charge is 0.268 e. The van der Waals surface area contributed by atoms with Crippen LogP contribution in [0.5, 0.6) is 0 Å². The van der Waals surface area contributed by atoms with Crippen LogP contribution in [0.4, 0.5) is 4.39 Å². The molecule has 116 valence electrons. The largest absolute Gasteiger partial charge is 0.349 e. The number of rotatable bonds is 1. The number of nitrogens with one attached hydrogen (secondary N) is 1. The molecule has 1 aromatic heterocycles. The number of carbonyl (C=O) groups excluding carboxylic acids is 1. The quantitative estimate of drug-likeness (QED) is 0.729. The molecule has 1 aliphatic rings. The number of amides is 1. The van der Waals surface area contributed by atoms with E-state index in [1.54, 1.807) is 19.1 Å². The Morgan fingerprint density at radius 2 is 2.00 bits per heavy atom. The van der Waals surface area contributed by atoms with Gasteiger partial charge in [-0.15, -0.1) is 0 Å². The second-order valence-electron chi connectivity index (χ2n) is 6.05. The fraction of sp³-hybridized carbons (Fsp3) is 0.211. The molecule has 0 aliphatic carbocycles. The van der Waals surface area contributed by atoms with Gasteiger partial charge in [-0.05, 0) is 36.6 Å².